The molecule has 0 saturated carbocycles. The minimum atomic E-state index is -0.401. The van der Waals surface area contributed by atoms with E-state index in [0.717, 1.165) is 11.3 Å². The van der Waals surface area contributed by atoms with Gasteiger partial charge in [-0.2, -0.15) is 0 Å². The van der Waals surface area contributed by atoms with Crippen molar-refractivity contribution >= 4 is 40.1 Å². The Morgan fingerprint density at radius 1 is 0.906 bits per heavy atom. The van der Waals surface area contributed by atoms with E-state index in [4.69, 9.17) is 9.47 Å². The normalized spacial score (nSPS) is 13.6. The third-order valence-corrected chi connectivity index (χ3v) is 5.72. The number of ether oxygens (including phenoxy) is 2. The Kier molecular flexibility index (Phi) is 6.56. The molecular formula is C25H24N2O4S. The average Bonchev–Trinajstić information content (AvgIpc) is 3.40. The topological polar surface area (TPSA) is 67.9 Å². The first-order valence-corrected chi connectivity index (χ1v) is 11.4. The van der Waals surface area contributed by atoms with Gasteiger partial charge in [0.15, 0.2) is 0 Å². The summed E-state index contributed by atoms with van der Waals surface area (Å²) in [6, 6.07) is 18.0. The highest BCUT2D eigenvalue weighted by atomic mass is 32.1. The van der Waals surface area contributed by atoms with Gasteiger partial charge in [-0.15, -0.1) is 11.3 Å². The van der Waals surface area contributed by atoms with E-state index in [2.05, 4.69) is 5.32 Å². The lowest BCUT2D eigenvalue weighted by Gasteiger charge is -2.16. The van der Waals surface area contributed by atoms with Crippen LogP contribution >= 0.6 is 11.3 Å². The van der Waals surface area contributed by atoms with E-state index < -0.39 is 5.91 Å². The number of benzene rings is 2. The van der Waals surface area contributed by atoms with E-state index in [0.29, 0.717) is 41.7 Å². The maximum absolute atomic E-state index is 13.4. The minimum absolute atomic E-state index is 0.249. The largest absolute Gasteiger partial charge is 0.494 e. The maximum atomic E-state index is 13.4. The molecule has 0 fully saturated rings. The van der Waals surface area contributed by atoms with Crippen LogP contribution in [-0.2, 0) is 9.59 Å². The zero-order chi connectivity index (χ0) is 22.5. The maximum Gasteiger partial charge on any atom is 0.282 e. The summed E-state index contributed by atoms with van der Waals surface area (Å²) in [7, 11) is 0. The van der Waals surface area contributed by atoms with E-state index in [1.807, 2.05) is 55.6 Å². The molecule has 32 heavy (non-hydrogen) atoms. The molecule has 1 aromatic heterocycles. The van der Waals surface area contributed by atoms with Gasteiger partial charge >= 0.3 is 0 Å². The molecule has 164 valence electrons. The predicted molar refractivity (Wildman–Crippen MR) is 127 cm³/mol. The molecular weight excluding hydrogens is 424 g/mol. The van der Waals surface area contributed by atoms with Gasteiger partial charge in [-0.05, 0) is 61.2 Å². The fourth-order valence-corrected chi connectivity index (χ4v) is 4.18. The number of carbonyl (C=O) groups is 2. The summed E-state index contributed by atoms with van der Waals surface area (Å²) in [4.78, 5) is 28.7. The molecule has 3 aromatic rings. The minimum Gasteiger partial charge on any atom is -0.494 e. The molecule has 0 saturated heterocycles. The van der Waals surface area contributed by atoms with Crippen molar-refractivity contribution in [3.8, 4) is 11.5 Å². The number of amides is 2. The lowest BCUT2D eigenvalue weighted by Crippen LogP contribution is -2.32. The molecule has 0 aliphatic carbocycles. The molecule has 0 bridgehead atoms. The summed E-state index contributed by atoms with van der Waals surface area (Å²) in [5, 5.41) is 5.06. The molecule has 0 spiro atoms. The van der Waals surface area contributed by atoms with Crippen molar-refractivity contribution in [3.63, 3.8) is 0 Å². The van der Waals surface area contributed by atoms with Gasteiger partial charge in [-0.1, -0.05) is 19.1 Å². The lowest BCUT2D eigenvalue weighted by atomic mass is 10.2. The van der Waals surface area contributed by atoms with Crippen LogP contribution in [0.5, 0.6) is 11.5 Å². The highest BCUT2D eigenvalue weighted by Crippen LogP contribution is 2.36. The number of hydrogen-bond donors (Lipinski definition) is 1. The number of nitrogens with zero attached hydrogens (tertiary/aromatic N) is 1. The molecule has 1 aliphatic rings. The molecule has 4 rings (SSSR count). The summed E-state index contributed by atoms with van der Waals surface area (Å²) >= 11 is 1.42. The molecule has 7 heteroatoms. The van der Waals surface area contributed by atoms with E-state index in [1.165, 1.54) is 16.2 Å². The van der Waals surface area contributed by atoms with Gasteiger partial charge < -0.3 is 14.8 Å². The second-order valence-corrected chi connectivity index (χ2v) is 8.05. The summed E-state index contributed by atoms with van der Waals surface area (Å²) < 4.78 is 11.2. The Morgan fingerprint density at radius 3 is 2.41 bits per heavy atom. The number of rotatable bonds is 9. The Hall–Kier alpha value is -3.58. The molecule has 2 amide bonds. The van der Waals surface area contributed by atoms with Gasteiger partial charge in [0.2, 0.25) is 0 Å². The smallest absolute Gasteiger partial charge is 0.282 e. The van der Waals surface area contributed by atoms with Gasteiger partial charge in [0.1, 0.15) is 17.2 Å². The van der Waals surface area contributed by atoms with Crippen LogP contribution in [0.25, 0.3) is 5.57 Å². The van der Waals surface area contributed by atoms with Gasteiger partial charge in [0, 0.05) is 16.6 Å². The second-order valence-electron chi connectivity index (χ2n) is 7.10. The van der Waals surface area contributed by atoms with Crippen LogP contribution in [0.2, 0.25) is 0 Å². The number of nitrogens with one attached hydrogen (secondary N) is 1. The van der Waals surface area contributed by atoms with E-state index >= 15 is 0 Å². The summed E-state index contributed by atoms with van der Waals surface area (Å²) in [5.74, 6) is 0.629. The second kappa shape index (κ2) is 9.70. The predicted octanol–water partition coefficient (Wildman–Crippen LogP) is 5.33. The van der Waals surface area contributed by atoms with Crippen LogP contribution in [0, 0.1) is 0 Å². The molecule has 1 aliphatic heterocycles. The first-order valence-electron chi connectivity index (χ1n) is 10.5. The monoisotopic (exact) mass is 448 g/mol. The van der Waals surface area contributed by atoms with Crippen LogP contribution in [-0.4, -0.2) is 25.0 Å². The van der Waals surface area contributed by atoms with Crippen LogP contribution in [0.4, 0.5) is 11.4 Å². The third kappa shape index (κ3) is 4.38. The third-order valence-electron chi connectivity index (χ3n) is 4.83. The van der Waals surface area contributed by atoms with Gasteiger partial charge in [-0.3, -0.25) is 9.59 Å². The first kappa shape index (κ1) is 21.6. The zero-order valence-electron chi connectivity index (χ0n) is 18.0. The highest BCUT2D eigenvalue weighted by molar-refractivity contribution is 7.11. The standard InChI is InChI=1S/C25H24N2O4S/c1-3-14-31-20-8-5-7-17(16-20)26-23-22(21-9-6-15-32-21)24(28)27(25(23)29)18-10-12-19(13-11-18)30-4-2/h5-13,15-16,26H,3-4,14H2,1-2H3. The number of anilines is 2. The summed E-state index contributed by atoms with van der Waals surface area (Å²) in [6.45, 7) is 5.09. The van der Waals surface area contributed by atoms with Crippen molar-refractivity contribution in [2.45, 2.75) is 20.3 Å². The fraction of sp³-hybridized carbons (Fsp3) is 0.200. The number of imide groups is 1. The molecule has 0 atom stereocenters. The van der Waals surface area contributed by atoms with Gasteiger partial charge in [0.05, 0.1) is 24.5 Å². The van der Waals surface area contributed by atoms with Crippen LogP contribution in [0.15, 0.2) is 71.7 Å². The fourth-order valence-electron chi connectivity index (χ4n) is 3.42. The summed E-state index contributed by atoms with van der Waals surface area (Å²) in [5.41, 5.74) is 1.78. The van der Waals surface area contributed by atoms with Crippen LogP contribution < -0.4 is 19.7 Å². The molecule has 2 aromatic carbocycles. The highest BCUT2D eigenvalue weighted by Gasteiger charge is 2.40. The van der Waals surface area contributed by atoms with Crippen LogP contribution in [0.1, 0.15) is 25.1 Å². The Bertz CT molecular complexity index is 1140. The number of thiophene rings is 1. The molecule has 0 radical (unpaired) electrons. The van der Waals surface area contributed by atoms with Crippen molar-refractivity contribution in [2.24, 2.45) is 0 Å². The number of hydrogen-bond acceptors (Lipinski definition) is 6. The average molecular weight is 449 g/mol. The molecule has 6 nitrogen and oxygen atoms in total. The Balaban J connectivity index is 1.68. The van der Waals surface area contributed by atoms with E-state index in [9.17, 15) is 9.59 Å². The Labute approximate surface area is 191 Å². The molecule has 0 unspecified atom stereocenters. The first-order chi connectivity index (χ1) is 15.6. The van der Waals surface area contributed by atoms with E-state index in [-0.39, 0.29) is 11.6 Å². The van der Waals surface area contributed by atoms with Gasteiger partial charge in [-0.25, -0.2) is 4.90 Å². The number of carbonyl (C=O) groups excluding carboxylic acids is 2. The van der Waals surface area contributed by atoms with E-state index in [1.54, 1.807) is 24.3 Å². The lowest BCUT2D eigenvalue weighted by molar-refractivity contribution is -0.120. The molecule has 2 heterocycles. The zero-order valence-corrected chi connectivity index (χ0v) is 18.8. The van der Waals surface area contributed by atoms with Crippen molar-refractivity contribution in [1.82, 2.24) is 0 Å². The van der Waals surface area contributed by atoms with Crippen molar-refractivity contribution < 1.29 is 19.1 Å². The van der Waals surface area contributed by atoms with Crippen molar-refractivity contribution in [1.29, 1.82) is 0 Å². The van der Waals surface area contributed by atoms with Crippen molar-refractivity contribution in [2.75, 3.05) is 23.4 Å². The SMILES string of the molecule is CCCOc1cccc(NC2=C(c3cccs3)C(=O)N(c3ccc(OCC)cc3)C2=O)c1. The Morgan fingerprint density at radius 2 is 1.72 bits per heavy atom. The molecule has 1 N–H and O–H groups in total. The summed E-state index contributed by atoms with van der Waals surface area (Å²) in [6.07, 6.45) is 0.898. The quantitative estimate of drug-likeness (QED) is 0.448. The van der Waals surface area contributed by atoms with Gasteiger partial charge in [0.25, 0.3) is 11.8 Å². The van der Waals surface area contributed by atoms with Crippen molar-refractivity contribution in [3.05, 3.63) is 76.6 Å². The van der Waals surface area contributed by atoms with Crippen LogP contribution in [0.3, 0.4) is 0 Å².